The third kappa shape index (κ3) is 9.22. The van der Waals surface area contributed by atoms with Crippen molar-refractivity contribution in [1.82, 2.24) is 24.8 Å². The van der Waals surface area contributed by atoms with Crippen molar-refractivity contribution in [3.05, 3.63) is 89.2 Å². The summed E-state index contributed by atoms with van der Waals surface area (Å²) in [5, 5.41) is 10.1. The summed E-state index contributed by atoms with van der Waals surface area (Å²) >= 11 is 0. The van der Waals surface area contributed by atoms with Crippen LogP contribution in [0.5, 0.6) is 0 Å². The fourth-order valence-corrected chi connectivity index (χ4v) is 8.03. The predicted molar refractivity (Wildman–Crippen MR) is 203 cm³/mol. The minimum absolute atomic E-state index is 0.195. The van der Waals surface area contributed by atoms with Gasteiger partial charge < -0.3 is 15.1 Å². The van der Waals surface area contributed by atoms with E-state index in [0.717, 1.165) is 68.5 Å². The number of rotatable bonds is 13. The van der Waals surface area contributed by atoms with Crippen molar-refractivity contribution in [2.75, 3.05) is 36.4 Å². The van der Waals surface area contributed by atoms with Crippen LogP contribution in [0.3, 0.4) is 0 Å². The second kappa shape index (κ2) is 17.3. The lowest BCUT2D eigenvalue weighted by atomic mass is 9.89. The summed E-state index contributed by atoms with van der Waals surface area (Å²) in [7, 11) is 0. The van der Waals surface area contributed by atoms with Gasteiger partial charge >= 0.3 is 0 Å². The van der Waals surface area contributed by atoms with Crippen LogP contribution < -0.4 is 15.5 Å². The topological polar surface area (TPSA) is 94.9 Å². The van der Waals surface area contributed by atoms with Crippen LogP contribution in [-0.4, -0.2) is 63.5 Å². The van der Waals surface area contributed by atoms with E-state index < -0.39 is 11.6 Å². The highest BCUT2D eigenvalue weighted by Crippen LogP contribution is 2.37. The van der Waals surface area contributed by atoms with Crippen LogP contribution in [0.1, 0.15) is 112 Å². The number of carbonyl (C=O) groups excluding carboxylic acids is 2. The van der Waals surface area contributed by atoms with Gasteiger partial charge in [0.05, 0.1) is 17.8 Å². The summed E-state index contributed by atoms with van der Waals surface area (Å²) in [6, 6.07) is 13.4. The Labute approximate surface area is 310 Å². The van der Waals surface area contributed by atoms with Crippen LogP contribution in [-0.2, 0) is 9.59 Å². The van der Waals surface area contributed by atoms with Gasteiger partial charge in [-0.25, -0.2) is 18.3 Å². The number of hydrogen-bond acceptors (Lipinski definition) is 7. The van der Waals surface area contributed by atoms with Crippen LogP contribution in [0.2, 0.25) is 0 Å². The Hall–Kier alpha value is -4.82. The zero-order valence-corrected chi connectivity index (χ0v) is 30.3. The molecule has 9 nitrogen and oxygen atoms in total. The van der Waals surface area contributed by atoms with Crippen molar-refractivity contribution in [2.24, 2.45) is 0 Å². The average Bonchev–Trinajstić information content (AvgIpc) is 3.82. The van der Waals surface area contributed by atoms with Gasteiger partial charge in [-0.05, 0) is 112 Å². The highest BCUT2D eigenvalue weighted by molar-refractivity contribution is 6.01. The van der Waals surface area contributed by atoms with Gasteiger partial charge in [-0.15, -0.1) is 0 Å². The summed E-state index contributed by atoms with van der Waals surface area (Å²) in [5.41, 5.74) is 4.11. The Kier molecular flexibility index (Phi) is 12.0. The minimum atomic E-state index is -0.432. The monoisotopic (exact) mass is 721 g/mol. The number of imide groups is 1. The van der Waals surface area contributed by atoms with Crippen molar-refractivity contribution in [3.63, 3.8) is 0 Å². The average molecular weight is 722 g/mol. The number of piperidine rings is 2. The Morgan fingerprint density at radius 2 is 1.68 bits per heavy atom. The lowest BCUT2D eigenvalue weighted by molar-refractivity contribution is -0.133. The maximum atomic E-state index is 14.6. The van der Waals surface area contributed by atoms with Gasteiger partial charge in [-0.1, -0.05) is 49.7 Å². The molecule has 2 N–H and O–H groups in total. The highest BCUT2D eigenvalue weighted by atomic mass is 19.1. The number of benzene rings is 2. The number of hydrogen-bond donors (Lipinski definition) is 2. The lowest BCUT2D eigenvalue weighted by Gasteiger charge is -2.32. The zero-order valence-electron chi connectivity index (χ0n) is 30.3. The molecule has 7 rings (SSSR count). The van der Waals surface area contributed by atoms with Gasteiger partial charge in [0.2, 0.25) is 11.8 Å². The van der Waals surface area contributed by atoms with Gasteiger partial charge in [0.15, 0.2) is 5.65 Å². The Balaban J connectivity index is 0.775. The van der Waals surface area contributed by atoms with Crippen molar-refractivity contribution in [1.29, 1.82) is 0 Å². The maximum Gasteiger partial charge on any atom is 0.249 e. The summed E-state index contributed by atoms with van der Waals surface area (Å²) in [5.74, 6) is 6.62. The number of likely N-dealkylation sites (tertiary alicyclic amines) is 1. The molecule has 0 radical (unpaired) electrons. The van der Waals surface area contributed by atoms with Crippen molar-refractivity contribution in [2.45, 2.75) is 101 Å². The third-order valence-electron chi connectivity index (χ3n) is 11.0. The number of unbranched alkanes of at least 4 members (excludes halogenated alkanes) is 6. The van der Waals surface area contributed by atoms with Gasteiger partial charge in [0.25, 0.3) is 0 Å². The number of carbonyl (C=O) groups is 2. The minimum Gasteiger partial charge on any atom is -0.374 e. The van der Waals surface area contributed by atoms with Gasteiger partial charge in [-0.2, -0.15) is 5.10 Å². The quantitative estimate of drug-likeness (QED) is 0.0838. The molecule has 11 heteroatoms. The molecule has 0 aliphatic carbocycles. The van der Waals surface area contributed by atoms with E-state index in [1.54, 1.807) is 10.7 Å². The molecule has 0 saturated carbocycles. The predicted octanol–water partition coefficient (Wildman–Crippen LogP) is 7.53. The Bertz CT molecular complexity index is 1940. The van der Waals surface area contributed by atoms with Crippen LogP contribution in [0, 0.1) is 23.5 Å². The SMILES string of the molecule is O=C1CCC(Nc2ccc(C3CCN(CCCCCCCCC#Cc4cnn5ccc(N6CCCC6c6cc(F)ccc6F)nc45)CC3)cc2)C(=O)N1. The number of nitrogens with zero attached hydrogens (tertiary/aromatic N) is 5. The van der Waals surface area contributed by atoms with E-state index in [-0.39, 0.29) is 23.9 Å². The molecular formula is C42H49F2N7O2. The summed E-state index contributed by atoms with van der Waals surface area (Å²) in [4.78, 5) is 33.0. The molecule has 3 aliphatic rings. The molecular weight excluding hydrogens is 673 g/mol. The number of aromatic nitrogens is 3. The van der Waals surface area contributed by atoms with E-state index in [2.05, 4.69) is 61.6 Å². The normalized spacial score (nSPS) is 19.7. The maximum absolute atomic E-state index is 14.6. The highest BCUT2D eigenvalue weighted by Gasteiger charge is 2.30. The van der Waals surface area contributed by atoms with Crippen LogP contribution >= 0.6 is 0 Å². The van der Waals surface area contributed by atoms with Gasteiger partial charge in [0, 0.05) is 36.8 Å². The van der Waals surface area contributed by atoms with E-state index in [4.69, 9.17) is 4.98 Å². The van der Waals surface area contributed by atoms with Crippen molar-refractivity contribution >= 4 is 29.0 Å². The first-order valence-corrected chi connectivity index (χ1v) is 19.4. The van der Waals surface area contributed by atoms with Crippen LogP contribution in [0.4, 0.5) is 20.3 Å². The van der Waals surface area contributed by atoms with Gasteiger partial charge in [0.1, 0.15) is 23.5 Å². The standard InChI is InChI=1S/C42H49F2N7O2/c43-33-14-17-36(44)35(28-33)38-11-9-24-50(38)39-22-27-51-41(47-39)32(29-45-51)10-7-5-3-1-2-4-6-8-23-49-25-20-31(21-26-49)30-12-15-34(16-13-30)46-37-18-19-40(52)48-42(37)53/h12-17,22,27-29,31,37-38,46H,1-6,8-9,11,18-21,23-26H2,(H,48,52,53). The number of nitrogens with one attached hydrogen (secondary N) is 2. The molecule has 2 unspecified atom stereocenters. The number of halogens is 2. The van der Waals surface area contributed by atoms with Crippen LogP contribution in [0.25, 0.3) is 5.65 Å². The van der Waals surface area contributed by atoms with E-state index in [0.29, 0.717) is 30.0 Å². The molecule has 3 saturated heterocycles. The first-order valence-electron chi connectivity index (χ1n) is 19.4. The summed E-state index contributed by atoms with van der Waals surface area (Å²) in [6.45, 7) is 4.17. The number of fused-ring (bicyclic) bond motifs is 1. The van der Waals surface area contributed by atoms with E-state index >= 15 is 0 Å². The molecule has 53 heavy (non-hydrogen) atoms. The molecule has 2 amide bonds. The lowest BCUT2D eigenvalue weighted by Crippen LogP contribution is -2.47. The second-order valence-electron chi connectivity index (χ2n) is 14.7. The molecule has 5 heterocycles. The molecule has 278 valence electrons. The van der Waals surface area contributed by atoms with E-state index in [1.807, 2.05) is 12.3 Å². The number of anilines is 2. The fraction of sp³-hybridized carbons (Fsp3) is 0.476. The Morgan fingerprint density at radius 3 is 2.49 bits per heavy atom. The smallest absolute Gasteiger partial charge is 0.249 e. The fourth-order valence-electron chi connectivity index (χ4n) is 8.03. The molecule has 3 aliphatic heterocycles. The molecule has 2 atom stereocenters. The van der Waals surface area contributed by atoms with E-state index in [1.165, 1.54) is 69.2 Å². The van der Waals surface area contributed by atoms with Gasteiger partial charge in [-0.3, -0.25) is 14.9 Å². The first-order chi connectivity index (χ1) is 25.9. The third-order valence-corrected chi connectivity index (χ3v) is 11.0. The molecule has 2 aromatic carbocycles. The summed E-state index contributed by atoms with van der Waals surface area (Å²) < 4.78 is 30.3. The number of amides is 2. The molecule has 0 bridgehead atoms. The molecule has 0 spiro atoms. The summed E-state index contributed by atoms with van der Waals surface area (Å²) in [6.07, 6.45) is 16.5. The molecule has 2 aromatic heterocycles. The second-order valence-corrected chi connectivity index (χ2v) is 14.7. The zero-order chi connectivity index (χ0) is 36.6. The molecule has 3 fully saturated rings. The van der Waals surface area contributed by atoms with Crippen molar-refractivity contribution < 1.29 is 18.4 Å². The first kappa shape index (κ1) is 36.5. The largest absolute Gasteiger partial charge is 0.374 e. The molecule has 4 aromatic rings. The van der Waals surface area contributed by atoms with Crippen molar-refractivity contribution in [3.8, 4) is 11.8 Å². The van der Waals surface area contributed by atoms with E-state index in [9.17, 15) is 18.4 Å². The van der Waals surface area contributed by atoms with Crippen LogP contribution in [0.15, 0.2) is 60.9 Å². The Morgan fingerprint density at radius 1 is 0.887 bits per heavy atom.